The van der Waals surface area contributed by atoms with Crippen LogP contribution in [0.2, 0.25) is 0 Å². The minimum atomic E-state index is -0.466. The topological polar surface area (TPSA) is 101 Å². The third-order valence-electron chi connectivity index (χ3n) is 3.98. The van der Waals surface area contributed by atoms with E-state index < -0.39 is 10.8 Å². The van der Waals surface area contributed by atoms with Gasteiger partial charge in [0.15, 0.2) is 0 Å². The number of benzene rings is 2. The fourth-order valence-electron chi connectivity index (χ4n) is 2.56. The first-order chi connectivity index (χ1) is 13.6. The van der Waals surface area contributed by atoms with E-state index in [2.05, 4.69) is 15.5 Å². The third-order valence-corrected chi connectivity index (χ3v) is 3.98. The Balaban J connectivity index is 1.79. The molecule has 1 amide bonds. The Morgan fingerprint density at radius 2 is 1.89 bits per heavy atom. The number of carbonyl (C=O) groups excluding carboxylic acids is 1. The van der Waals surface area contributed by atoms with Crippen molar-refractivity contribution in [2.24, 2.45) is 5.10 Å². The zero-order valence-electron chi connectivity index (χ0n) is 15.0. The molecule has 140 valence electrons. The Bertz CT molecular complexity index is 1010. The molecule has 0 atom stereocenters. The maximum absolute atomic E-state index is 11.9. The van der Waals surface area contributed by atoms with Crippen molar-refractivity contribution in [3.05, 3.63) is 94.3 Å². The van der Waals surface area contributed by atoms with Crippen LogP contribution in [0.5, 0.6) is 0 Å². The molecule has 0 radical (unpaired) electrons. The molecular formula is C20H17N5O3. The summed E-state index contributed by atoms with van der Waals surface area (Å²) in [6, 6.07) is 19.0. The number of nitrogens with one attached hydrogen (secondary N) is 1. The second kappa shape index (κ2) is 8.54. The molecule has 0 bridgehead atoms. The molecule has 28 heavy (non-hydrogen) atoms. The van der Waals surface area contributed by atoms with E-state index >= 15 is 0 Å². The number of nitro groups is 1. The molecule has 8 heteroatoms. The molecule has 0 fully saturated rings. The standard InChI is InChI=1S/C20H17N5O3/c1-24(16-7-3-2-4-8-16)18-11-10-15(13-19(18)25(27)28)14-22-23-20(26)17-9-5-6-12-21-17/h2-14H,1H3,(H,23,26)/b22-14-. The molecular weight excluding hydrogens is 358 g/mol. The number of nitrogens with zero attached hydrogens (tertiary/aromatic N) is 4. The molecule has 3 rings (SSSR count). The number of aromatic nitrogens is 1. The highest BCUT2D eigenvalue weighted by molar-refractivity contribution is 5.93. The van der Waals surface area contributed by atoms with Gasteiger partial charge in [0.1, 0.15) is 11.4 Å². The van der Waals surface area contributed by atoms with Crippen molar-refractivity contribution in [2.75, 3.05) is 11.9 Å². The average molecular weight is 375 g/mol. The van der Waals surface area contributed by atoms with Crippen molar-refractivity contribution in [3.8, 4) is 0 Å². The van der Waals surface area contributed by atoms with Crippen LogP contribution in [0.4, 0.5) is 17.1 Å². The first-order valence-electron chi connectivity index (χ1n) is 8.38. The van der Waals surface area contributed by atoms with Crippen LogP contribution in [0.15, 0.2) is 78.0 Å². The summed E-state index contributed by atoms with van der Waals surface area (Å²) >= 11 is 0. The van der Waals surface area contributed by atoms with Crippen LogP contribution in [-0.2, 0) is 0 Å². The number of amides is 1. The molecule has 8 nitrogen and oxygen atoms in total. The molecule has 1 aromatic heterocycles. The van der Waals surface area contributed by atoms with E-state index in [4.69, 9.17) is 0 Å². The fourth-order valence-corrected chi connectivity index (χ4v) is 2.56. The summed E-state index contributed by atoms with van der Waals surface area (Å²) in [5, 5.41) is 15.4. The van der Waals surface area contributed by atoms with Crippen LogP contribution in [0.25, 0.3) is 0 Å². The number of para-hydroxylation sites is 1. The lowest BCUT2D eigenvalue weighted by Gasteiger charge is -2.19. The summed E-state index contributed by atoms with van der Waals surface area (Å²) in [5.41, 5.74) is 4.27. The molecule has 0 saturated carbocycles. The SMILES string of the molecule is CN(c1ccccc1)c1ccc(/C=N\NC(=O)c2ccccn2)cc1[N+](=O)[O-]. The smallest absolute Gasteiger partial charge is 0.293 e. The molecule has 0 spiro atoms. The molecule has 1 N–H and O–H groups in total. The van der Waals surface area contributed by atoms with E-state index in [1.807, 2.05) is 30.3 Å². The normalized spacial score (nSPS) is 10.6. The van der Waals surface area contributed by atoms with Gasteiger partial charge >= 0.3 is 0 Å². The quantitative estimate of drug-likeness (QED) is 0.404. The number of nitro benzene ring substituents is 1. The van der Waals surface area contributed by atoms with Crippen LogP contribution in [0.1, 0.15) is 16.1 Å². The third kappa shape index (κ3) is 4.36. The predicted molar refractivity (Wildman–Crippen MR) is 107 cm³/mol. The van der Waals surface area contributed by atoms with Crippen molar-refractivity contribution < 1.29 is 9.72 Å². The van der Waals surface area contributed by atoms with Crippen LogP contribution in [-0.4, -0.2) is 29.1 Å². The van der Waals surface area contributed by atoms with E-state index in [1.165, 1.54) is 18.5 Å². The summed E-state index contributed by atoms with van der Waals surface area (Å²) in [6.45, 7) is 0. The van der Waals surface area contributed by atoms with Crippen LogP contribution in [0, 0.1) is 10.1 Å². The summed E-state index contributed by atoms with van der Waals surface area (Å²) in [6.07, 6.45) is 2.85. The summed E-state index contributed by atoms with van der Waals surface area (Å²) in [4.78, 5) is 28.7. The Morgan fingerprint density at radius 3 is 2.57 bits per heavy atom. The second-order valence-electron chi connectivity index (χ2n) is 5.81. The Kier molecular flexibility index (Phi) is 5.71. The van der Waals surface area contributed by atoms with E-state index in [9.17, 15) is 14.9 Å². The Morgan fingerprint density at radius 1 is 1.14 bits per heavy atom. The lowest BCUT2D eigenvalue weighted by molar-refractivity contribution is -0.384. The first-order valence-corrected chi connectivity index (χ1v) is 8.38. The predicted octanol–water partition coefficient (Wildman–Crippen LogP) is 3.52. The van der Waals surface area contributed by atoms with Crippen LogP contribution in [0.3, 0.4) is 0 Å². The van der Waals surface area contributed by atoms with Crippen molar-refractivity contribution in [1.82, 2.24) is 10.4 Å². The monoisotopic (exact) mass is 375 g/mol. The molecule has 2 aromatic carbocycles. The van der Waals surface area contributed by atoms with Gasteiger partial charge in [-0.25, -0.2) is 5.43 Å². The molecule has 0 aliphatic rings. The number of hydrogen-bond donors (Lipinski definition) is 1. The second-order valence-corrected chi connectivity index (χ2v) is 5.81. The zero-order valence-corrected chi connectivity index (χ0v) is 15.0. The highest BCUT2D eigenvalue weighted by atomic mass is 16.6. The van der Waals surface area contributed by atoms with Gasteiger partial charge < -0.3 is 4.90 Å². The largest absolute Gasteiger partial charge is 0.339 e. The van der Waals surface area contributed by atoms with Crippen LogP contribution >= 0.6 is 0 Å². The summed E-state index contributed by atoms with van der Waals surface area (Å²) in [7, 11) is 1.76. The molecule has 3 aromatic rings. The summed E-state index contributed by atoms with van der Waals surface area (Å²) in [5.74, 6) is -0.466. The molecule has 0 unspecified atom stereocenters. The maximum Gasteiger partial charge on any atom is 0.293 e. The molecule has 0 aliphatic heterocycles. The molecule has 0 saturated heterocycles. The minimum Gasteiger partial charge on any atom is -0.339 e. The van der Waals surface area contributed by atoms with Gasteiger partial charge in [-0.2, -0.15) is 5.10 Å². The van der Waals surface area contributed by atoms with E-state index in [0.717, 1.165) is 5.69 Å². The lowest BCUT2D eigenvalue weighted by atomic mass is 10.1. The first kappa shape index (κ1) is 18.7. The van der Waals surface area contributed by atoms with Crippen molar-refractivity contribution in [1.29, 1.82) is 0 Å². The van der Waals surface area contributed by atoms with Gasteiger partial charge in [0.05, 0.1) is 11.1 Å². The lowest BCUT2D eigenvalue weighted by Crippen LogP contribution is -2.18. The van der Waals surface area contributed by atoms with Gasteiger partial charge in [0, 0.05) is 30.6 Å². The minimum absolute atomic E-state index is 0.0636. The van der Waals surface area contributed by atoms with E-state index in [-0.39, 0.29) is 11.4 Å². The maximum atomic E-state index is 11.9. The van der Waals surface area contributed by atoms with Crippen LogP contribution < -0.4 is 10.3 Å². The van der Waals surface area contributed by atoms with Gasteiger partial charge in [0.2, 0.25) is 0 Å². The number of hydrazone groups is 1. The number of anilines is 2. The van der Waals surface area contributed by atoms with Crippen molar-refractivity contribution >= 4 is 29.2 Å². The highest BCUT2D eigenvalue weighted by Crippen LogP contribution is 2.32. The highest BCUT2D eigenvalue weighted by Gasteiger charge is 2.18. The Hall–Kier alpha value is -4.07. The summed E-state index contributed by atoms with van der Waals surface area (Å²) < 4.78 is 0. The number of carbonyl (C=O) groups is 1. The fraction of sp³-hybridized carbons (Fsp3) is 0.0500. The van der Waals surface area contributed by atoms with Gasteiger partial charge in [-0.05, 0) is 30.3 Å². The van der Waals surface area contributed by atoms with E-state index in [1.54, 1.807) is 42.3 Å². The number of hydrogen-bond acceptors (Lipinski definition) is 6. The van der Waals surface area contributed by atoms with Gasteiger partial charge in [0.25, 0.3) is 11.6 Å². The average Bonchev–Trinajstić information content (AvgIpc) is 2.74. The molecule has 1 heterocycles. The van der Waals surface area contributed by atoms with Gasteiger partial charge in [-0.3, -0.25) is 19.9 Å². The zero-order chi connectivity index (χ0) is 19.9. The van der Waals surface area contributed by atoms with Gasteiger partial charge in [-0.15, -0.1) is 0 Å². The van der Waals surface area contributed by atoms with Crippen molar-refractivity contribution in [3.63, 3.8) is 0 Å². The Labute approximate surface area is 161 Å². The number of rotatable bonds is 6. The van der Waals surface area contributed by atoms with Crippen molar-refractivity contribution in [2.45, 2.75) is 0 Å². The van der Waals surface area contributed by atoms with E-state index in [0.29, 0.717) is 11.3 Å². The van der Waals surface area contributed by atoms with Gasteiger partial charge in [-0.1, -0.05) is 30.3 Å². The molecule has 0 aliphatic carbocycles. The number of pyridine rings is 1.